The predicted octanol–water partition coefficient (Wildman–Crippen LogP) is 3.79. The third-order valence-corrected chi connectivity index (χ3v) is 4.92. The van der Waals surface area contributed by atoms with Crippen molar-refractivity contribution in [3.05, 3.63) is 52.4 Å². The monoisotopic (exact) mass is 359 g/mol. The number of carbonyl (C=O) groups is 1. The van der Waals surface area contributed by atoms with E-state index >= 15 is 0 Å². The summed E-state index contributed by atoms with van der Waals surface area (Å²) in [5.74, 6) is 0.879. The van der Waals surface area contributed by atoms with Crippen LogP contribution in [0.2, 0.25) is 0 Å². The maximum atomic E-state index is 12.3. The Morgan fingerprint density at radius 3 is 2.96 bits per heavy atom. The number of aliphatic hydroxyl groups is 1. The number of amides is 1. The Bertz CT molecular complexity index is 825. The second-order valence-corrected chi connectivity index (χ2v) is 6.58. The van der Waals surface area contributed by atoms with Crippen LogP contribution in [-0.2, 0) is 0 Å². The van der Waals surface area contributed by atoms with Crippen LogP contribution in [0, 0.1) is 0 Å². The van der Waals surface area contributed by atoms with Crippen molar-refractivity contribution in [3.8, 4) is 5.75 Å². The molecule has 1 aromatic carbocycles. The third-order valence-electron chi connectivity index (χ3n) is 4.22. The fourth-order valence-electron chi connectivity index (χ4n) is 2.90. The van der Waals surface area contributed by atoms with Crippen LogP contribution in [0.15, 0.2) is 45.5 Å². The first-order chi connectivity index (χ1) is 12.2. The van der Waals surface area contributed by atoms with E-state index in [2.05, 4.69) is 16.8 Å². The lowest BCUT2D eigenvalue weighted by molar-refractivity contribution is 0.0926. The van der Waals surface area contributed by atoms with E-state index in [1.807, 2.05) is 17.5 Å². The summed E-state index contributed by atoms with van der Waals surface area (Å²) in [6, 6.07) is 9.33. The lowest BCUT2D eigenvalue weighted by Crippen LogP contribution is -2.25. The molecule has 0 bridgehead atoms. The predicted molar refractivity (Wildman–Crippen MR) is 98.5 cm³/mol. The summed E-state index contributed by atoms with van der Waals surface area (Å²) in [5.41, 5.74) is 1.79. The second-order valence-electron chi connectivity index (χ2n) is 5.80. The molecule has 3 rings (SSSR count). The average molecular weight is 359 g/mol. The molecule has 2 N–H and O–H groups in total. The molecule has 0 radical (unpaired) electrons. The van der Waals surface area contributed by atoms with Crippen LogP contribution in [0.3, 0.4) is 0 Å². The highest BCUT2D eigenvalue weighted by Gasteiger charge is 2.16. The minimum atomic E-state index is -0.244. The number of nitrogens with one attached hydrogen (secondary N) is 1. The molecule has 2 heterocycles. The number of benzene rings is 1. The van der Waals surface area contributed by atoms with Crippen molar-refractivity contribution in [3.63, 3.8) is 0 Å². The van der Waals surface area contributed by atoms with Crippen LogP contribution in [0.5, 0.6) is 5.75 Å². The maximum Gasteiger partial charge on any atom is 0.287 e. The first-order valence-corrected chi connectivity index (χ1v) is 9.15. The quantitative estimate of drug-likeness (QED) is 0.642. The average Bonchev–Trinajstić information content (AvgIpc) is 3.29. The molecule has 1 amide bonds. The van der Waals surface area contributed by atoms with Crippen molar-refractivity contribution in [2.24, 2.45) is 0 Å². The Morgan fingerprint density at radius 1 is 1.36 bits per heavy atom. The van der Waals surface area contributed by atoms with Crippen LogP contribution in [0.1, 0.15) is 34.9 Å². The summed E-state index contributed by atoms with van der Waals surface area (Å²) in [6.45, 7) is 0.658. The Morgan fingerprint density at radius 2 is 2.24 bits per heavy atom. The Hall–Kier alpha value is -2.31. The van der Waals surface area contributed by atoms with Gasteiger partial charge < -0.3 is 19.6 Å². The zero-order valence-corrected chi connectivity index (χ0v) is 14.8. The van der Waals surface area contributed by atoms with E-state index in [1.165, 1.54) is 5.56 Å². The van der Waals surface area contributed by atoms with E-state index in [0.29, 0.717) is 24.3 Å². The summed E-state index contributed by atoms with van der Waals surface area (Å²) in [5, 5.41) is 17.1. The van der Waals surface area contributed by atoms with Gasteiger partial charge in [0.15, 0.2) is 17.1 Å². The van der Waals surface area contributed by atoms with Gasteiger partial charge >= 0.3 is 0 Å². The van der Waals surface area contributed by atoms with Gasteiger partial charge in [-0.1, -0.05) is 12.1 Å². The van der Waals surface area contributed by atoms with Gasteiger partial charge in [0.2, 0.25) is 0 Å². The van der Waals surface area contributed by atoms with Crippen molar-refractivity contribution in [2.45, 2.75) is 18.8 Å². The number of thiophene rings is 1. The number of aliphatic hydroxyl groups excluding tert-OH is 1. The Labute approximate surface area is 150 Å². The zero-order chi connectivity index (χ0) is 17.6. The van der Waals surface area contributed by atoms with Crippen LogP contribution < -0.4 is 10.1 Å². The maximum absolute atomic E-state index is 12.3. The summed E-state index contributed by atoms with van der Waals surface area (Å²) < 4.78 is 10.9. The van der Waals surface area contributed by atoms with E-state index < -0.39 is 0 Å². The molecule has 0 spiro atoms. The fourth-order valence-corrected chi connectivity index (χ4v) is 3.64. The molecular weight excluding hydrogens is 338 g/mol. The first kappa shape index (κ1) is 17.5. The molecule has 1 atom stereocenters. The molecule has 3 aromatic rings. The van der Waals surface area contributed by atoms with E-state index in [9.17, 15) is 9.90 Å². The summed E-state index contributed by atoms with van der Waals surface area (Å²) >= 11 is 1.64. The number of carbonyl (C=O) groups excluding carboxylic acids is 1. The van der Waals surface area contributed by atoms with Gasteiger partial charge in [0.1, 0.15) is 0 Å². The number of rotatable bonds is 8. The third kappa shape index (κ3) is 4.03. The summed E-state index contributed by atoms with van der Waals surface area (Å²) in [6.07, 6.45) is 1.46. The number of para-hydroxylation sites is 1. The van der Waals surface area contributed by atoms with Gasteiger partial charge in [0, 0.05) is 18.5 Å². The highest BCUT2D eigenvalue weighted by molar-refractivity contribution is 7.07. The standard InChI is InChI=1S/C19H21NO4S/c1-23-16-4-2-3-14-11-17(24-18(14)16)19(22)20-8-5-13(6-9-21)15-7-10-25-12-15/h2-4,7,10-13,21H,5-6,8-9H2,1H3,(H,20,22). The van der Waals surface area contributed by atoms with Gasteiger partial charge in [-0.15, -0.1) is 0 Å². The van der Waals surface area contributed by atoms with Gasteiger partial charge in [-0.3, -0.25) is 4.79 Å². The smallest absolute Gasteiger partial charge is 0.287 e. The van der Waals surface area contributed by atoms with Gasteiger partial charge in [-0.2, -0.15) is 11.3 Å². The SMILES string of the molecule is COc1cccc2cc(C(=O)NCCC(CCO)c3ccsc3)oc12. The molecule has 0 fully saturated rings. The van der Waals surface area contributed by atoms with Crippen LogP contribution in [0.4, 0.5) is 0 Å². The fraction of sp³-hybridized carbons (Fsp3) is 0.316. The lowest BCUT2D eigenvalue weighted by Gasteiger charge is -2.14. The first-order valence-electron chi connectivity index (χ1n) is 8.20. The van der Waals surface area contributed by atoms with Gasteiger partial charge in [0.05, 0.1) is 7.11 Å². The molecule has 5 nitrogen and oxygen atoms in total. The van der Waals surface area contributed by atoms with Crippen molar-refractivity contribution in [2.75, 3.05) is 20.3 Å². The molecule has 0 saturated heterocycles. The molecule has 132 valence electrons. The number of methoxy groups -OCH3 is 1. The zero-order valence-electron chi connectivity index (χ0n) is 14.0. The molecule has 1 unspecified atom stereocenters. The number of fused-ring (bicyclic) bond motifs is 1. The minimum Gasteiger partial charge on any atom is -0.493 e. The van der Waals surface area contributed by atoms with Crippen molar-refractivity contribution >= 4 is 28.2 Å². The molecule has 6 heteroatoms. The van der Waals surface area contributed by atoms with E-state index in [1.54, 1.807) is 30.6 Å². The molecule has 25 heavy (non-hydrogen) atoms. The number of hydrogen-bond donors (Lipinski definition) is 2. The Kier molecular flexibility index (Phi) is 5.73. The Balaban J connectivity index is 1.62. The van der Waals surface area contributed by atoms with Crippen LogP contribution >= 0.6 is 11.3 Å². The topological polar surface area (TPSA) is 71.7 Å². The van der Waals surface area contributed by atoms with Crippen molar-refractivity contribution < 1.29 is 19.1 Å². The summed E-state index contributed by atoms with van der Waals surface area (Å²) in [4.78, 5) is 12.3. The van der Waals surface area contributed by atoms with Gasteiger partial charge in [-0.25, -0.2) is 0 Å². The minimum absolute atomic E-state index is 0.137. The van der Waals surface area contributed by atoms with E-state index in [-0.39, 0.29) is 24.2 Å². The van der Waals surface area contributed by atoms with E-state index in [0.717, 1.165) is 11.8 Å². The van der Waals surface area contributed by atoms with E-state index in [4.69, 9.17) is 9.15 Å². The van der Waals surface area contributed by atoms with Crippen molar-refractivity contribution in [1.82, 2.24) is 5.32 Å². The summed E-state index contributed by atoms with van der Waals surface area (Å²) in [7, 11) is 1.57. The second kappa shape index (κ2) is 8.18. The normalized spacial score (nSPS) is 12.2. The molecule has 0 saturated carbocycles. The van der Waals surface area contributed by atoms with Crippen molar-refractivity contribution in [1.29, 1.82) is 0 Å². The highest BCUT2D eigenvalue weighted by Crippen LogP contribution is 2.28. The molecule has 0 aliphatic heterocycles. The largest absolute Gasteiger partial charge is 0.493 e. The number of furan rings is 1. The van der Waals surface area contributed by atoms with Gasteiger partial charge in [0.25, 0.3) is 5.91 Å². The lowest BCUT2D eigenvalue weighted by atomic mass is 9.95. The number of hydrogen-bond acceptors (Lipinski definition) is 5. The number of ether oxygens (including phenoxy) is 1. The van der Waals surface area contributed by atoms with Crippen LogP contribution in [0.25, 0.3) is 11.0 Å². The molecular formula is C19H21NO4S. The molecule has 2 aromatic heterocycles. The molecule has 0 aliphatic carbocycles. The van der Waals surface area contributed by atoms with Gasteiger partial charge in [-0.05, 0) is 53.3 Å². The molecule has 0 aliphatic rings. The highest BCUT2D eigenvalue weighted by atomic mass is 32.1. The van der Waals surface area contributed by atoms with Crippen LogP contribution in [-0.4, -0.2) is 31.3 Å².